The van der Waals surface area contributed by atoms with Gasteiger partial charge in [-0.05, 0) is 70.3 Å². The highest BCUT2D eigenvalue weighted by molar-refractivity contribution is 9.10. The van der Waals surface area contributed by atoms with Crippen LogP contribution in [0, 0.1) is 11.3 Å². The van der Waals surface area contributed by atoms with Crippen molar-refractivity contribution < 1.29 is 9.53 Å². The SMILES string of the molecule is COc1ccc(NC(=O)/C(C#N)=C/c2c(Cc3ccccc3Br)ccc3ccccc23)cc1. The Morgan fingerprint density at radius 2 is 1.70 bits per heavy atom. The summed E-state index contributed by atoms with van der Waals surface area (Å²) in [5.74, 6) is 0.235. The summed E-state index contributed by atoms with van der Waals surface area (Å²) in [7, 11) is 1.58. The van der Waals surface area contributed by atoms with Gasteiger partial charge in [0.15, 0.2) is 0 Å². The number of hydrogen-bond donors (Lipinski definition) is 1. The maximum Gasteiger partial charge on any atom is 0.266 e. The van der Waals surface area contributed by atoms with Crippen LogP contribution in [0.3, 0.4) is 0 Å². The van der Waals surface area contributed by atoms with Gasteiger partial charge in [0.1, 0.15) is 17.4 Å². The zero-order valence-corrected chi connectivity index (χ0v) is 19.6. The summed E-state index contributed by atoms with van der Waals surface area (Å²) in [6.45, 7) is 0. The van der Waals surface area contributed by atoms with Crippen LogP contribution in [-0.2, 0) is 11.2 Å². The molecule has 0 saturated carbocycles. The summed E-state index contributed by atoms with van der Waals surface area (Å²) in [6.07, 6.45) is 2.35. The van der Waals surface area contributed by atoms with E-state index in [0.717, 1.165) is 31.9 Å². The number of nitriles is 1. The Morgan fingerprint density at radius 3 is 2.42 bits per heavy atom. The number of nitrogens with one attached hydrogen (secondary N) is 1. The molecule has 162 valence electrons. The zero-order chi connectivity index (χ0) is 23.2. The number of nitrogens with zero attached hydrogens (tertiary/aromatic N) is 1. The predicted octanol–water partition coefficient (Wildman–Crippen LogP) is 6.75. The van der Waals surface area contributed by atoms with E-state index in [0.29, 0.717) is 17.9 Å². The molecular formula is C28H21BrN2O2. The Hall–Kier alpha value is -3.88. The van der Waals surface area contributed by atoms with Crippen LogP contribution in [0.25, 0.3) is 16.8 Å². The molecule has 0 radical (unpaired) electrons. The number of carbonyl (C=O) groups is 1. The third kappa shape index (κ3) is 5.14. The molecule has 0 fully saturated rings. The molecule has 0 aliphatic rings. The number of carbonyl (C=O) groups excluding carboxylic acids is 1. The van der Waals surface area contributed by atoms with Crippen LogP contribution < -0.4 is 10.1 Å². The maximum absolute atomic E-state index is 12.9. The number of hydrogen-bond acceptors (Lipinski definition) is 3. The van der Waals surface area contributed by atoms with E-state index < -0.39 is 5.91 Å². The molecule has 4 aromatic carbocycles. The zero-order valence-electron chi connectivity index (χ0n) is 18.0. The molecule has 0 heterocycles. The highest BCUT2D eigenvalue weighted by Crippen LogP contribution is 2.29. The van der Waals surface area contributed by atoms with E-state index in [1.54, 1.807) is 37.5 Å². The van der Waals surface area contributed by atoms with Crippen molar-refractivity contribution in [3.63, 3.8) is 0 Å². The average Bonchev–Trinajstić information content (AvgIpc) is 2.85. The third-order valence-corrected chi connectivity index (χ3v) is 6.17. The first-order valence-electron chi connectivity index (χ1n) is 10.4. The van der Waals surface area contributed by atoms with Gasteiger partial charge in [-0.25, -0.2) is 0 Å². The minimum absolute atomic E-state index is 0.0375. The monoisotopic (exact) mass is 496 g/mol. The molecule has 4 nitrogen and oxygen atoms in total. The van der Waals surface area contributed by atoms with Crippen molar-refractivity contribution in [2.75, 3.05) is 12.4 Å². The second kappa shape index (κ2) is 10.2. The quantitative estimate of drug-likeness (QED) is 0.237. The summed E-state index contributed by atoms with van der Waals surface area (Å²) < 4.78 is 6.17. The number of halogens is 1. The van der Waals surface area contributed by atoms with Gasteiger partial charge in [-0.3, -0.25) is 4.79 Å². The molecule has 33 heavy (non-hydrogen) atoms. The van der Waals surface area contributed by atoms with E-state index in [1.165, 1.54) is 0 Å². The van der Waals surface area contributed by atoms with Crippen molar-refractivity contribution >= 4 is 44.4 Å². The molecular weight excluding hydrogens is 476 g/mol. The highest BCUT2D eigenvalue weighted by Gasteiger charge is 2.14. The number of ether oxygens (including phenoxy) is 1. The van der Waals surface area contributed by atoms with Crippen LogP contribution >= 0.6 is 15.9 Å². The molecule has 0 unspecified atom stereocenters. The van der Waals surface area contributed by atoms with E-state index >= 15 is 0 Å². The van der Waals surface area contributed by atoms with Crippen LogP contribution in [0.4, 0.5) is 5.69 Å². The van der Waals surface area contributed by atoms with Crippen LogP contribution in [0.15, 0.2) is 95.0 Å². The second-order valence-corrected chi connectivity index (χ2v) is 8.33. The smallest absolute Gasteiger partial charge is 0.266 e. The van der Waals surface area contributed by atoms with Crippen LogP contribution in [0.1, 0.15) is 16.7 Å². The number of benzene rings is 4. The van der Waals surface area contributed by atoms with Crippen molar-refractivity contribution in [3.8, 4) is 11.8 Å². The van der Waals surface area contributed by atoms with Gasteiger partial charge in [-0.2, -0.15) is 5.26 Å². The minimum atomic E-state index is -0.456. The topological polar surface area (TPSA) is 62.1 Å². The van der Waals surface area contributed by atoms with Crippen molar-refractivity contribution in [3.05, 3.63) is 112 Å². The summed E-state index contributed by atoms with van der Waals surface area (Å²) >= 11 is 3.62. The van der Waals surface area contributed by atoms with Gasteiger partial charge >= 0.3 is 0 Å². The summed E-state index contributed by atoms with van der Waals surface area (Å²) in [5.41, 5.74) is 3.66. The Balaban J connectivity index is 1.74. The van der Waals surface area contributed by atoms with Gasteiger partial charge in [-0.1, -0.05) is 70.5 Å². The Kier molecular flexibility index (Phi) is 6.87. The summed E-state index contributed by atoms with van der Waals surface area (Å²) in [5, 5.41) is 14.6. The van der Waals surface area contributed by atoms with E-state index in [2.05, 4.69) is 45.5 Å². The molecule has 1 amide bonds. The van der Waals surface area contributed by atoms with Gasteiger partial charge in [0.2, 0.25) is 0 Å². The minimum Gasteiger partial charge on any atom is -0.497 e. The van der Waals surface area contributed by atoms with E-state index in [1.807, 2.05) is 42.5 Å². The van der Waals surface area contributed by atoms with Crippen molar-refractivity contribution in [1.82, 2.24) is 0 Å². The van der Waals surface area contributed by atoms with E-state index in [9.17, 15) is 10.1 Å². The number of anilines is 1. The highest BCUT2D eigenvalue weighted by atomic mass is 79.9. The first kappa shape index (κ1) is 22.3. The molecule has 4 aromatic rings. The third-order valence-electron chi connectivity index (χ3n) is 5.40. The maximum atomic E-state index is 12.9. The van der Waals surface area contributed by atoms with E-state index in [4.69, 9.17) is 4.74 Å². The largest absolute Gasteiger partial charge is 0.497 e. The summed E-state index contributed by atoms with van der Waals surface area (Å²) in [4.78, 5) is 12.9. The fraction of sp³-hybridized carbons (Fsp3) is 0.0714. The lowest BCUT2D eigenvalue weighted by Gasteiger charge is -2.12. The molecule has 5 heteroatoms. The lowest BCUT2D eigenvalue weighted by molar-refractivity contribution is -0.112. The molecule has 0 bridgehead atoms. The fourth-order valence-electron chi connectivity index (χ4n) is 3.68. The van der Waals surface area contributed by atoms with Gasteiger partial charge in [0, 0.05) is 10.2 Å². The standard InChI is InChI=1S/C28H21BrN2O2/c1-33-24-14-12-23(13-15-24)31-28(32)22(18-30)17-26-20(16-21-7-3-5-9-27(21)29)11-10-19-6-2-4-8-25(19)26/h2-15,17H,16H2,1H3,(H,31,32)/b22-17+. The van der Waals surface area contributed by atoms with Crippen molar-refractivity contribution in [1.29, 1.82) is 5.26 Å². The molecule has 0 aliphatic heterocycles. The first-order valence-corrected chi connectivity index (χ1v) is 11.2. The Bertz CT molecular complexity index is 1390. The number of rotatable bonds is 6. The van der Waals surface area contributed by atoms with Crippen molar-refractivity contribution in [2.24, 2.45) is 0 Å². The van der Waals surface area contributed by atoms with Crippen LogP contribution in [0.5, 0.6) is 5.75 Å². The average molecular weight is 497 g/mol. The number of methoxy groups -OCH3 is 1. The first-order chi connectivity index (χ1) is 16.1. The number of fused-ring (bicyclic) bond motifs is 1. The summed E-state index contributed by atoms with van der Waals surface area (Å²) in [6, 6.07) is 29.2. The second-order valence-electron chi connectivity index (χ2n) is 7.48. The van der Waals surface area contributed by atoms with Gasteiger partial charge in [0.25, 0.3) is 5.91 Å². The van der Waals surface area contributed by atoms with Gasteiger partial charge in [0.05, 0.1) is 7.11 Å². The van der Waals surface area contributed by atoms with Crippen molar-refractivity contribution in [2.45, 2.75) is 6.42 Å². The van der Waals surface area contributed by atoms with E-state index in [-0.39, 0.29) is 5.57 Å². The Labute approximate surface area is 201 Å². The predicted molar refractivity (Wildman–Crippen MR) is 136 cm³/mol. The molecule has 4 rings (SSSR count). The normalized spacial score (nSPS) is 11.1. The molecule has 0 atom stereocenters. The lowest BCUT2D eigenvalue weighted by Crippen LogP contribution is -2.13. The molecule has 0 spiro atoms. The molecule has 0 saturated heterocycles. The van der Waals surface area contributed by atoms with Gasteiger partial charge < -0.3 is 10.1 Å². The van der Waals surface area contributed by atoms with Crippen LogP contribution in [0.2, 0.25) is 0 Å². The fourth-order valence-corrected chi connectivity index (χ4v) is 4.10. The number of amides is 1. The Morgan fingerprint density at radius 1 is 0.970 bits per heavy atom. The molecule has 1 N–H and O–H groups in total. The lowest BCUT2D eigenvalue weighted by atomic mass is 9.93. The van der Waals surface area contributed by atoms with Crippen LogP contribution in [-0.4, -0.2) is 13.0 Å². The van der Waals surface area contributed by atoms with Gasteiger partial charge in [-0.15, -0.1) is 0 Å². The molecule has 0 aliphatic carbocycles. The molecule has 0 aromatic heterocycles.